The van der Waals surface area contributed by atoms with Gasteiger partial charge in [-0.1, -0.05) is 0 Å². The molecule has 18 heavy (non-hydrogen) atoms. The molecule has 0 radical (unpaired) electrons. The largest absolute Gasteiger partial charge is 0.451 e. The number of nitrogens with two attached hydrogens (primary N) is 1. The van der Waals surface area contributed by atoms with Gasteiger partial charge < -0.3 is 10.5 Å². The van der Waals surface area contributed by atoms with Crippen molar-refractivity contribution in [2.75, 3.05) is 5.73 Å². The quantitative estimate of drug-likeness (QED) is 0.827. The number of hydrogen-bond donors (Lipinski definition) is 1. The zero-order valence-corrected chi connectivity index (χ0v) is 9.15. The molecular formula is C13H8F2N2O. The molecule has 0 fully saturated rings. The maximum Gasteiger partial charge on any atom is 0.198 e. The van der Waals surface area contributed by atoms with Crippen LogP contribution in [0.3, 0.4) is 0 Å². The summed E-state index contributed by atoms with van der Waals surface area (Å²) >= 11 is 0. The summed E-state index contributed by atoms with van der Waals surface area (Å²) in [5, 5.41) is 8.56. The summed E-state index contributed by atoms with van der Waals surface area (Å²) in [4.78, 5) is 0. The molecule has 90 valence electrons. The maximum absolute atomic E-state index is 13.5. The lowest BCUT2D eigenvalue weighted by atomic mass is 10.2. The number of rotatable bonds is 2. The number of halogens is 2. The first-order valence-corrected chi connectivity index (χ1v) is 5.02. The summed E-state index contributed by atoms with van der Waals surface area (Å²) in [6.45, 7) is 0. The first kappa shape index (κ1) is 11.9. The van der Waals surface area contributed by atoms with E-state index in [2.05, 4.69) is 0 Å². The lowest BCUT2D eigenvalue weighted by Crippen LogP contribution is -1.94. The van der Waals surface area contributed by atoms with E-state index < -0.39 is 17.4 Å². The Hall–Kier alpha value is -2.61. The van der Waals surface area contributed by atoms with E-state index in [1.54, 1.807) is 18.2 Å². The highest BCUT2D eigenvalue weighted by Gasteiger charge is 2.13. The van der Waals surface area contributed by atoms with Crippen molar-refractivity contribution >= 4 is 5.69 Å². The second-order valence-electron chi connectivity index (χ2n) is 3.55. The molecule has 0 aliphatic rings. The summed E-state index contributed by atoms with van der Waals surface area (Å²) in [7, 11) is 0. The first-order valence-electron chi connectivity index (χ1n) is 5.02. The molecule has 0 aliphatic heterocycles. The highest BCUT2D eigenvalue weighted by Crippen LogP contribution is 2.28. The zero-order valence-electron chi connectivity index (χ0n) is 9.15. The fourth-order valence-electron chi connectivity index (χ4n) is 1.38. The van der Waals surface area contributed by atoms with Gasteiger partial charge >= 0.3 is 0 Å². The van der Waals surface area contributed by atoms with Gasteiger partial charge in [-0.2, -0.15) is 5.26 Å². The fraction of sp³-hybridized carbons (Fsp3) is 0. The van der Waals surface area contributed by atoms with Crippen LogP contribution in [0.4, 0.5) is 14.5 Å². The Bertz CT molecular complexity index is 595. The number of nitrogens with zero attached hydrogens (tertiary/aromatic N) is 1. The molecular weight excluding hydrogens is 238 g/mol. The van der Waals surface area contributed by atoms with E-state index in [1.807, 2.05) is 0 Å². The number of ether oxygens (including phenoxy) is 1. The van der Waals surface area contributed by atoms with E-state index in [0.717, 1.165) is 12.1 Å². The Morgan fingerprint density at radius 3 is 2.11 bits per heavy atom. The van der Waals surface area contributed by atoms with E-state index in [-0.39, 0.29) is 11.3 Å². The first-order chi connectivity index (χ1) is 8.60. The van der Waals surface area contributed by atoms with Gasteiger partial charge in [0.2, 0.25) is 0 Å². The molecule has 0 saturated carbocycles. The predicted octanol–water partition coefficient (Wildman–Crippen LogP) is 3.21. The van der Waals surface area contributed by atoms with Gasteiger partial charge in [-0.25, -0.2) is 8.78 Å². The fourth-order valence-corrected chi connectivity index (χ4v) is 1.38. The van der Waals surface area contributed by atoms with Crippen LogP contribution in [0.2, 0.25) is 0 Å². The Morgan fingerprint density at radius 1 is 1.06 bits per heavy atom. The maximum atomic E-state index is 13.5. The highest BCUT2D eigenvalue weighted by molar-refractivity contribution is 5.44. The van der Waals surface area contributed by atoms with Gasteiger partial charge in [0.1, 0.15) is 5.75 Å². The van der Waals surface area contributed by atoms with Crippen LogP contribution in [-0.4, -0.2) is 0 Å². The summed E-state index contributed by atoms with van der Waals surface area (Å²) in [6, 6.07) is 9.57. The van der Waals surface area contributed by atoms with Crippen LogP contribution in [0.1, 0.15) is 5.56 Å². The van der Waals surface area contributed by atoms with Crippen molar-refractivity contribution in [3.05, 3.63) is 53.6 Å². The van der Waals surface area contributed by atoms with Gasteiger partial charge in [0.15, 0.2) is 17.4 Å². The molecule has 0 amide bonds. The summed E-state index contributed by atoms with van der Waals surface area (Å²) in [5.41, 5.74) is 5.89. The van der Waals surface area contributed by atoms with Crippen molar-refractivity contribution < 1.29 is 13.5 Å². The Balaban J connectivity index is 2.35. The van der Waals surface area contributed by atoms with Gasteiger partial charge in [0, 0.05) is 5.69 Å². The number of hydrogen-bond acceptors (Lipinski definition) is 3. The molecule has 0 bridgehead atoms. The molecule has 0 unspecified atom stereocenters. The van der Waals surface area contributed by atoms with Crippen molar-refractivity contribution in [2.24, 2.45) is 0 Å². The van der Waals surface area contributed by atoms with Crippen LogP contribution in [0, 0.1) is 23.0 Å². The highest BCUT2D eigenvalue weighted by atomic mass is 19.1. The molecule has 0 saturated heterocycles. The molecule has 2 aromatic carbocycles. The minimum absolute atomic E-state index is 0.102. The minimum Gasteiger partial charge on any atom is -0.451 e. The Kier molecular flexibility index (Phi) is 3.11. The van der Waals surface area contributed by atoms with Crippen molar-refractivity contribution in [2.45, 2.75) is 0 Å². The second kappa shape index (κ2) is 4.72. The molecule has 5 heteroatoms. The topological polar surface area (TPSA) is 59.0 Å². The molecule has 2 aromatic rings. The second-order valence-corrected chi connectivity index (χ2v) is 3.55. The van der Waals surface area contributed by atoms with E-state index in [0.29, 0.717) is 5.69 Å². The number of nitriles is 1. The monoisotopic (exact) mass is 246 g/mol. The predicted molar refractivity (Wildman–Crippen MR) is 62.0 cm³/mol. The molecule has 2 rings (SSSR count). The molecule has 0 aliphatic carbocycles. The van der Waals surface area contributed by atoms with E-state index >= 15 is 0 Å². The average molecular weight is 246 g/mol. The zero-order chi connectivity index (χ0) is 13.1. The summed E-state index contributed by atoms with van der Waals surface area (Å²) in [5.74, 6) is -2.14. The van der Waals surface area contributed by atoms with Gasteiger partial charge in [-0.15, -0.1) is 0 Å². The number of nitrogen functional groups attached to an aromatic ring is 1. The van der Waals surface area contributed by atoms with E-state index in [1.165, 1.54) is 12.1 Å². The third-order valence-corrected chi connectivity index (χ3v) is 2.23. The summed E-state index contributed by atoms with van der Waals surface area (Å²) in [6.07, 6.45) is 0. The Morgan fingerprint density at radius 2 is 1.61 bits per heavy atom. The molecule has 0 spiro atoms. The number of anilines is 1. The van der Waals surface area contributed by atoms with Gasteiger partial charge in [-0.05, 0) is 36.4 Å². The van der Waals surface area contributed by atoms with Gasteiger partial charge in [-0.3, -0.25) is 0 Å². The van der Waals surface area contributed by atoms with Crippen LogP contribution < -0.4 is 10.5 Å². The Labute approximate surface area is 102 Å². The van der Waals surface area contributed by atoms with E-state index in [9.17, 15) is 8.78 Å². The third-order valence-electron chi connectivity index (χ3n) is 2.23. The smallest absolute Gasteiger partial charge is 0.198 e. The van der Waals surface area contributed by atoms with Crippen molar-refractivity contribution in [1.82, 2.24) is 0 Å². The van der Waals surface area contributed by atoms with Crippen molar-refractivity contribution in [3.63, 3.8) is 0 Å². The lowest BCUT2D eigenvalue weighted by molar-refractivity contribution is 0.407. The summed E-state index contributed by atoms with van der Waals surface area (Å²) < 4.78 is 32.1. The van der Waals surface area contributed by atoms with Crippen molar-refractivity contribution in [1.29, 1.82) is 5.26 Å². The standard InChI is InChI=1S/C13H8F2N2O/c14-11-5-8(7-16)6-12(15)13(11)18-10-3-1-9(17)2-4-10/h1-6H,17H2. The van der Waals surface area contributed by atoms with Gasteiger partial charge in [0.05, 0.1) is 11.6 Å². The SMILES string of the molecule is N#Cc1cc(F)c(Oc2ccc(N)cc2)c(F)c1. The lowest BCUT2D eigenvalue weighted by Gasteiger charge is -2.08. The molecule has 0 heterocycles. The van der Waals surface area contributed by atoms with Crippen LogP contribution in [0.5, 0.6) is 11.5 Å². The molecule has 0 aromatic heterocycles. The van der Waals surface area contributed by atoms with Crippen LogP contribution in [-0.2, 0) is 0 Å². The molecule has 2 N–H and O–H groups in total. The van der Waals surface area contributed by atoms with E-state index in [4.69, 9.17) is 15.7 Å². The average Bonchev–Trinajstić information content (AvgIpc) is 2.35. The van der Waals surface area contributed by atoms with Crippen molar-refractivity contribution in [3.8, 4) is 17.6 Å². The normalized spacial score (nSPS) is 9.83. The van der Waals surface area contributed by atoms with Gasteiger partial charge in [0.25, 0.3) is 0 Å². The van der Waals surface area contributed by atoms with Crippen LogP contribution >= 0.6 is 0 Å². The third kappa shape index (κ3) is 2.38. The van der Waals surface area contributed by atoms with Crippen LogP contribution in [0.25, 0.3) is 0 Å². The molecule has 0 atom stereocenters. The van der Waals surface area contributed by atoms with Crippen LogP contribution in [0.15, 0.2) is 36.4 Å². The minimum atomic E-state index is -0.927. The number of benzene rings is 2. The molecule has 3 nitrogen and oxygen atoms in total.